The second kappa shape index (κ2) is 11.0. The summed E-state index contributed by atoms with van der Waals surface area (Å²) in [6.07, 6.45) is 0.907. The monoisotopic (exact) mass is 508 g/mol. The van der Waals surface area contributed by atoms with E-state index < -0.39 is 11.6 Å². The van der Waals surface area contributed by atoms with Crippen LogP contribution in [0.2, 0.25) is 5.02 Å². The molecule has 0 aliphatic heterocycles. The molecule has 0 heterocycles. The minimum atomic E-state index is -0.697. The topological polar surface area (TPSA) is 58.6 Å². The molecule has 0 saturated heterocycles. The van der Waals surface area contributed by atoms with E-state index >= 15 is 0 Å². The van der Waals surface area contributed by atoms with Crippen molar-refractivity contribution >= 4 is 39.3 Å². The Morgan fingerprint density at radius 3 is 2.45 bits per heavy atom. The molecule has 1 N–H and O–H groups in total. The van der Waals surface area contributed by atoms with Crippen LogP contribution in [-0.2, 0) is 22.6 Å². The summed E-state index contributed by atoms with van der Waals surface area (Å²) >= 11 is 9.80. The Balaban J connectivity index is 2.21. The number of rotatable bonds is 8. The van der Waals surface area contributed by atoms with E-state index in [1.54, 1.807) is 13.0 Å². The van der Waals surface area contributed by atoms with E-state index in [0.717, 1.165) is 16.5 Å². The molecule has 1 atom stereocenters. The molecule has 2 aromatic rings. The number of nitrogens with one attached hydrogen (secondary N) is 1. The van der Waals surface area contributed by atoms with Gasteiger partial charge in [0.05, 0.1) is 4.47 Å². The summed E-state index contributed by atoms with van der Waals surface area (Å²) in [5.74, 6) is 0.0411. The van der Waals surface area contributed by atoms with E-state index in [-0.39, 0.29) is 25.0 Å². The van der Waals surface area contributed by atoms with Crippen LogP contribution in [0.4, 0.5) is 0 Å². The third-order valence-corrected chi connectivity index (χ3v) is 5.71. The van der Waals surface area contributed by atoms with E-state index in [2.05, 4.69) is 28.2 Å². The summed E-state index contributed by atoms with van der Waals surface area (Å²) in [6.45, 7) is 9.50. The molecule has 31 heavy (non-hydrogen) atoms. The molecular formula is C24H30BrClN2O3. The maximum atomic E-state index is 13.1. The minimum absolute atomic E-state index is 0.193. The first-order valence-electron chi connectivity index (χ1n) is 10.3. The van der Waals surface area contributed by atoms with Crippen LogP contribution in [-0.4, -0.2) is 34.9 Å². The maximum absolute atomic E-state index is 13.1. The molecular weight excluding hydrogens is 480 g/mol. The molecule has 0 saturated carbocycles. The van der Waals surface area contributed by atoms with Crippen molar-refractivity contribution in [2.75, 3.05) is 6.61 Å². The Labute approximate surface area is 198 Å². The van der Waals surface area contributed by atoms with Gasteiger partial charge < -0.3 is 15.0 Å². The van der Waals surface area contributed by atoms with Crippen LogP contribution in [0.15, 0.2) is 46.9 Å². The lowest BCUT2D eigenvalue weighted by molar-refractivity contribution is -0.142. The number of halogens is 2. The van der Waals surface area contributed by atoms with Gasteiger partial charge >= 0.3 is 0 Å². The Morgan fingerprint density at radius 2 is 1.87 bits per heavy atom. The fraction of sp³-hybridized carbons (Fsp3) is 0.417. The number of hydrogen-bond donors (Lipinski definition) is 1. The van der Waals surface area contributed by atoms with Crippen molar-refractivity contribution in [1.29, 1.82) is 0 Å². The van der Waals surface area contributed by atoms with Gasteiger partial charge in [0.2, 0.25) is 5.91 Å². The highest BCUT2D eigenvalue weighted by Gasteiger charge is 2.29. The zero-order chi connectivity index (χ0) is 23.2. The first-order valence-corrected chi connectivity index (χ1v) is 11.4. The van der Waals surface area contributed by atoms with Crippen molar-refractivity contribution in [3.8, 4) is 5.75 Å². The summed E-state index contributed by atoms with van der Waals surface area (Å²) < 4.78 is 6.56. The molecule has 2 aromatic carbocycles. The van der Waals surface area contributed by atoms with Gasteiger partial charge in [-0.15, -0.1) is 0 Å². The number of aryl methyl sites for hydroxylation is 1. The molecule has 0 fully saturated rings. The number of hydrogen-bond acceptors (Lipinski definition) is 3. The second-order valence-electron chi connectivity index (χ2n) is 8.44. The van der Waals surface area contributed by atoms with Crippen molar-refractivity contribution in [3.63, 3.8) is 0 Å². The minimum Gasteiger partial charge on any atom is -0.483 e. The summed E-state index contributed by atoms with van der Waals surface area (Å²) in [6, 6.07) is 12.4. The van der Waals surface area contributed by atoms with Gasteiger partial charge in [-0.1, -0.05) is 42.8 Å². The standard InChI is InChI=1S/C24H30BrClN2O3/c1-6-17-11-12-21(19(25)13-17)31-15-22(29)28(14-18-9-7-8-10-20(18)26)16(2)23(30)27-24(3,4)5/h7-13,16H,6,14-15H2,1-5H3,(H,27,30)/t16-/m1/s1. The molecule has 2 amide bonds. The van der Waals surface area contributed by atoms with Crippen molar-refractivity contribution in [1.82, 2.24) is 10.2 Å². The molecule has 7 heteroatoms. The highest BCUT2D eigenvalue weighted by molar-refractivity contribution is 9.10. The Morgan fingerprint density at radius 1 is 1.19 bits per heavy atom. The van der Waals surface area contributed by atoms with Gasteiger partial charge in [0.25, 0.3) is 5.91 Å². The van der Waals surface area contributed by atoms with E-state index in [9.17, 15) is 9.59 Å². The fourth-order valence-corrected chi connectivity index (χ4v) is 3.71. The molecule has 5 nitrogen and oxygen atoms in total. The maximum Gasteiger partial charge on any atom is 0.261 e. The van der Waals surface area contributed by atoms with Gasteiger partial charge in [-0.3, -0.25) is 9.59 Å². The number of carbonyl (C=O) groups is 2. The summed E-state index contributed by atoms with van der Waals surface area (Å²) in [7, 11) is 0. The third kappa shape index (κ3) is 7.54. The molecule has 168 valence electrons. The Kier molecular flexibility index (Phi) is 8.95. The van der Waals surface area contributed by atoms with E-state index in [1.165, 1.54) is 10.5 Å². The van der Waals surface area contributed by atoms with Crippen LogP contribution >= 0.6 is 27.5 Å². The smallest absolute Gasteiger partial charge is 0.261 e. The number of ether oxygens (including phenoxy) is 1. The number of nitrogens with zero attached hydrogens (tertiary/aromatic N) is 1. The van der Waals surface area contributed by atoms with Gasteiger partial charge in [0, 0.05) is 17.1 Å². The summed E-state index contributed by atoms with van der Waals surface area (Å²) in [5, 5.41) is 3.48. The molecule has 0 aromatic heterocycles. The van der Waals surface area contributed by atoms with Gasteiger partial charge in [-0.2, -0.15) is 0 Å². The Bertz CT molecular complexity index is 927. The van der Waals surface area contributed by atoms with Crippen molar-refractivity contribution in [3.05, 3.63) is 63.1 Å². The highest BCUT2D eigenvalue weighted by Crippen LogP contribution is 2.26. The number of benzene rings is 2. The zero-order valence-corrected chi connectivity index (χ0v) is 21.0. The molecule has 0 aliphatic carbocycles. The van der Waals surface area contributed by atoms with Crippen LogP contribution in [0, 0.1) is 0 Å². The molecule has 0 spiro atoms. The molecule has 0 radical (unpaired) electrons. The van der Waals surface area contributed by atoms with Gasteiger partial charge in [0.15, 0.2) is 6.61 Å². The predicted octanol–water partition coefficient (Wildman–Crippen LogP) is 5.38. The van der Waals surface area contributed by atoms with E-state index in [0.29, 0.717) is 10.8 Å². The van der Waals surface area contributed by atoms with Crippen molar-refractivity contribution in [2.24, 2.45) is 0 Å². The number of carbonyl (C=O) groups excluding carboxylic acids is 2. The van der Waals surface area contributed by atoms with Crippen molar-refractivity contribution < 1.29 is 14.3 Å². The molecule has 2 rings (SSSR count). The third-order valence-electron chi connectivity index (χ3n) is 4.72. The van der Waals surface area contributed by atoms with Gasteiger partial charge in [0.1, 0.15) is 11.8 Å². The van der Waals surface area contributed by atoms with Gasteiger partial charge in [-0.05, 0) is 79.4 Å². The van der Waals surface area contributed by atoms with Gasteiger partial charge in [-0.25, -0.2) is 0 Å². The SMILES string of the molecule is CCc1ccc(OCC(=O)N(Cc2ccccc2Cl)[C@H](C)C(=O)NC(C)(C)C)c(Br)c1. The van der Waals surface area contributed by atoms with Crippen molar-refractivity contribution in [2.45, 2.75) is 59.2 Å². The molecule has 0 bridgehead atoms. The van der Waals surface area contributed by atoms with Crippen LogP contribution < -0.4 is 10.1 Å². The molecule has 0 unspecified atom stereocenters. The zero-order valence-electron chi connectivity index (χ0n) is 18.7. The predicted molar refractivity (Wildman–Crippen MR) is 128 cm³/mol. The normalized spacial score (nSPS) is 12.2. The van der Waals surface area contributed by atoms with Crippen LogP contribution in [0.25, 0.3) is 0 Å². The average Bonchev–Trinajstić information content (AvgIpc) is 2.70. The first kappa shape index (κ1) is 25.2. The lowest BCUT2D eigenvalue weighted by atomic mass is 10.1. The number of amides is 2. The average molecular weight is 510 g/mol. The van der Waals surface area contributed by atoms with E-state index in [4.69, 9.17) is 16.3 Å². The van der Waals surface area contributed by atoms with Crippen LogP contribution in [0.5, 0.6) is 5.75 Å². The fourth-order valence-electron chi connectivity index (χ4n) is 2.97. The lowest BCUT2D eigenvalue weighted by Crippen LogP contribution is -2.53. The lowest BCUT2D eigenvalue weighted by Gasteiger charge is -2.31. The molecule has 0 aliphatic rings. The van der Waals surface area contributed by atoms with E-state index in [1.807, 2.05) is 57.2 Å². The van der Waals surface area contributed by atoms with Crippen LogP contribution in [0.1, 0.15) is 45.7 Å². The van der Waals surface area contributed by atoms with Crippen LogP contribution in [0.3, 0.4) is 0 Å². The Hall–Kier alpha value is -2.05. The second-order valence-corrected chi connectivity index (χ2v) is 9.70. The quantitative estimate of drug-likeness (QED) is 0.520. The summed E-state index contributed by atoms with van der Waals surface area (Å²) in [4.78, 5) is 27.4. The largest absolute Gasteiger partial charge is 0.483 e. The first-order chi connectivity index (χ1) is 14.5. The highest BCUT2D eigenvalue weighted by atomic mass is 79.9. The summed E-state index contributed by atoms with van der Waals surface area (Å²) in [5.41, 5.74) is 1.52.